The van der Waals surface area contributed by atoms with Gasteiger partial charge in [-0.25, -0.2) is 4.98 Å². The van der Waals surface area contributed by atoms with Gasteiger partial charge in [0, 0.05) is 19.4 Å². The Balaban J connectivity index is 0.000000561. The van der Waals surface area contributed by atoms with Gasteiger partial charge in [0.05, 0.1) is 0 Å². The van der Waals surface area contributed by atoms with E-state index in [1.54, 1.807) is 12.3 Å². The molecule has 0 bridgehead atoms. The van der Waals surface area contributed by atoms with Crippen LogP contribution in [0.4, 0.5) is 0 Å². The number of nitrogens with zero attached hydrogens (tertiary/aromatic N) is 2. The maximum absolute atomic E-state index is 4.08. The van der Waals surface area contributed by atoms with Crippen molar-refractivity contribution in [2.45, 2.75) is 13.8 Å². The van der Waals surface area contributed by atoms with Crippen molar-refractivity contribution in [3.63, 3.8) is 0 Å². The molecule has 0 aromatic carbocycles. The Morgan fingerprint density at radius 2 is 2.17 bits per heavy atom. The number of hydrogen-bond donors (Lipinski definition) is 0. The number of rotatable bonds is 2. The number of imidazole rings is 1. The molecule has 0 N–H and O–H groups in total. The van der Waals surface area contributed by atoms with Crippen molar-refractivity contribution in [2.75, 3.05) is 0 Å². The molecule has 0 saturated heterocycles. The van der Waals surface area contributed by atoms with Crippen molar-refractivity contribution in [1.82, 2.24) is 9.55 Å². The Bertz CT molecular complexity index is 246. The Kier molecular flexibility index (Phi) is 5.70. The second-order valence-electron chi connectivity index (χ2n) is 1.99. The zero-order chi connectivity index (χ0) is 9.40. The molecule has 1 aromatic heterocycles. The molecule has 0 spiro atoms. The molecule has 12 heavy (non-hydrogen) atoms. The highest BCUT2D eigenvalue weighted by molar-refractivity contribution is 5.42. The summed E-state index contributed by atoms with van der Waals surface area (Å²) in [5.74, 6) is 0.944. The van der Waals surface area contributed by atoms with Crippen LogP contribution < -0.4 is 0 Å². The van der Waals surface area contributed by atoms with Gasteiger partial charge in [-0.3, -0.25) is 0 Å². The van der Waals surface area contributed by atoms with E-state index >= 15 is 0 Å². The summed E-state index contributed by atoms with van der Waals surface area (Å²) in [6.07, 6.45) is 9.18. The lowest BCUT2D eigenvalue weighted by Crippen LogP contribution is -1.88. The van der Waals surface area contributed by atoms with Gasteiger partial charge in [0.2, 0.25) is 0 Å². The van der Waals surface area contributed by atoms with Crippen molar-refractivity contribution < 1.29 is 0 Å². The third-order valence-electron chi connectivity index (χ3n) is 1.24. The van der Waals surface area contributed by atoms with E-state index in [0.717, 1.165) is 5.82 Å². The summed E-state index contributed by atoms with van der Waals surface area (Å²) in [6, 6.07) is 0. The van der Waals surface area contributed by atoms with E-state index in [1.807, 2.05) is 43.8 Å². The van der Waals surface area contributed by atoms with Crippen LogP contribution in [0.25, 0.3) is 6.08 Å². The average molecular weight is 164 g/mol. The van der Waals surface area contributed by atoms with E-state index in [1.165, 1.54) is 0 Å². The quantitative estimate of drug-likeness (QED) is 0.614. The number of aromatic nitrogens is 2. The van der Waals surface area contributed by atoms with Gasteiger partial charge in [0.25, 0.3) is 0 Å². The van der Waals surface area contributed by atoms with Crippen molar-refractivity contribution in [3.8, 4) is 0 Å². The Hall–Kier alpha value is -1.31. The van der Waals surface area contributed by atoms with Crippen LogP contribution in [-0.4, -0.2) is 9.55 Å². The van der Waals surface area contributed by atoms with Gasteiger partial charge in [-0.05, 0) is 6.08 Å². The Morgan fingerprint density at radius 3 is 2.58 bits per heavy atom. The lowest BCUT2D eigenvalue weighted by Gasteiger charge is -1.90. The molecule has 0 unspecified atom stereocenters. The molecular formula is C10H16N2. The first-order valence-corrected chi connectivity index (χ1v) is 4.11. The van der Waals surface area contributed by atoms with Crippen LogP contribution in [0.2, 0.25) is 0 Å². The summed E-state index contributed by atoms with van der Waals surface area (Å²) in [5.41, 5.74) is 0. The Labute approximate surface area is 74.3 Å². The van der Waals surface area contributed by atoms with Gasteiger partial charge in [-0.15, -0.1) is 0 Å². The maximum Gasteiger partial charge on any atom is 0.132 e. The lowest BCUT2D eigenvalue weighted by molar-refractivity contribution is 0.897. The molecule has 0 radical (unpaired) electrons. The topological polar surface area (TPSA) is 17.8 Å². The summed E-state index contributed by atoms with van der Waals surface area (Å²) in [4.78, 5) is 4.08. The maximum atomic E-state index is 4.08. The smallest absolute Gasteiger partial charge is 0.132 e. The molecular weight excluding hydrogens is 148 g/mol. The summed E-state index contributed by atoms with van der Waals surface area (Å²) in [7, 11) is 1.95. The molecule has 1 aromatic rings. The first kappa shape index (κ1) is 10.7. The van der Waals surface area contributed by atoms with Crippen molar-refractivity contribution >= 4 is 6.08 Å². The highest BCUT2D eigenvalue weighted by atomic mass is 15.0. The predicted octanol–water partition coefficient (Wildman–Crippen LogP) is 2.65. The van der Waals surface area contributed by atoms with Crippen LogP contribution >= 0.6 is 0 Å². The van der Waals surface area contributed by atoms with E-state index in [9.17, 15) is 0 Å². The van der Waals surface area contributed by atoms with Crippen molar-refractivity contribution in [2.24, 2.45) is 7.05 Å². The second kappa shape index (κ2) is 6.40. The van der Waals surface area contributed by atoms with E-state index < -0.39 is 0 Å². The fraction of sp³-hybridized carbons (Fsp3) is 0.300. The monoisotopic (exact) mass is 164 g/mol. The Morgan fingerprint density at radius 1 is 1.50 bits per heavy atom. The normalized spacial score (nSPS) is 9.25. The van der Waals surface area contributed by atoms with Gasteiger partial charge in [0.1, 0.15) is 5.82 Å². The van der Waals surface area contributed by atoms with Gasteiger partial charge >= 0.3 is 0 Å². The molecule has 0 aliphatic rings. The van der Waals surface area contributed by atoms with Crippen LogP contribution in [0.1, 0.15) is 19.7 Å². The van der Waals surface area contributed by atoms with Crippen LogP contribution in [0, 0.1) is 0 Å². The largest absolute Gasteiger partial charge is 0.335 e. The third-order valence-corrected chi connectivity index (χ3v) is 1.24. The first-order chi connectivity index (χ1) is 5.84. The highest BCUT2D eigenvalue weighted by Gasteiger charge is 1.88. The molecule has 0 amide bonds. The van der Waals surface area contributed by atoms with Crippen LogP contribution in [0.15, 0.2) is 31.1 Å². The molecule has 0 aliphatic heterocycles. The predicted molar refractivity (Wildman–Crippen MR) is 53.8 cm³/mol. The van der Waals surface area contributed by atoms with E-state index in [2.05, 4.69) is 11.6 Å². The van der Waals surface area contributed by atoms with Gasteiger partial charge in [0.15, 0.2) is 0 Å². The number of allylic oxidation sites excluding steroid dienone is 2. The van der Waals surface area contributed by atoms with E-state index in [0.29, 0.717) is 0 Å². The van der Waals surface area contributed by atoms with Gasteiger partial charge in [-0.1, -0.05) is 32.6 Å². The molecule has 2 nitrogen and oxygen atoms in total. The van der Waals surface area contributed by atoms with Crippen molar-refractivity contribution in [1.29, 1.82) is 0 Å². The fourth-order valence-electron chi connectivity index (χ4n) is 0.692. The number of hydrogen-bond acceptors (Lipinski definition) is 1. The third kappa shape index (κ3) is 3.19. The van der Waals surface area contributed by atoms with Crippen LogP contribution in [0.3, 0.4) is 0 Å². The molecule has 0 fully saturated rings. The minimum atomic E-state index is 0.944. The van der Waals surface area contributed by atoms with E-state index in [4.69, 9.17) is 0 Å². The van der Waals surface area contributed by atoms with E-state index in [-0.39, 0.29) is 0 Å². The number of aryl methyl sites for hydroxylation is 1. The molecule has 66 valence electrons. The lowest BCUT2D eigenvalue weighted by atomic mass is 10.4. The average Bonchev–Trinajstić information content (AvgIpc) is 2.51. The summed E-state index contributed by atoms with van der Waals surface area (Å²) >= 11 is 0. The van der Waals surface area contributed by atoms with Crippen LogP contribution in [-0.2, 0) is 7.05 Å². The highest BCUT2D eigenvalue weighted by Crippen LogP contribution is 1.95. The minimum Gasteiger partial charge on any atom is -0.335 e. The molecule has 1 heterocycles. The van der Waals surface area contributed by atoms with Gasteiger partial charge < -0.3 is 4.57 Å². The zero-order valence-electron chi connectivity index (χ0n) is 7.99. The summed E-state index contributed by atoms with van der Waals surface area (Å²) in [6.45, 7) is 7.57. The van der Waals surface area contributed by atoms with Crippen LogP contribution in [0.5, 0.6) is 0 Å². The molecule has 1 rings (SSSR count). The molecule has 0 atom stereocenters. The fourth-order valence-corrected chi connectivity index (χ4v) is 0.692. The van der Waals surface area contributed by atoms with Gasteiger partial charge in [-0.2, -0.15) is 0 Å². The minimum absolute atomic E-state index is 0.944. The summed E-state index contributed by atoms with van der Waals surface area (Å²) < 4.78 is 1.94. The standard InChI is InChI=1S/C8H10N2.C2H6/c1-3-4-5-8-9-6-7-10(8)2;1-2/h3-7H,1H2,2H3;1-2H3/b5-4-;. The zero-order valence-corrected chi connectivity index (χ0v) is 7.99. The summed E-state index contributed by atoms with van der Waals surface area (Å²) in [5, 5.41) is 0. The second-order valence-corrected chi connectivity index (χ2v) is 1.99. The first-order valence-electron chi connectivity index (χ1n) is 4.11. The molecule has 2 heteroatoms. The molecule has 0 aliphatic carbocycles. The molecule has 0 saturated carbocycles. The van der Waals surface area contributed by atoms with Crippen molar-refractivity contribution in [3.05, 3.63) is 36.9 Å². The SMILES string of the molecule is C=C/C=C\c1nccn1C.CC.